The lowest BCUT2D eigenvalue weighted by molar-refractivity contribution is 0.411. The summed E-state index contributed by atoms with van der Waals surface area (Å²) in [5, 5.41) is 3.26. The monoisotopic (exact) mass is 397 g/mol. The van der Waals surface area contributed by atoms with Crippen LogP contribution in [0.4, 0.5) is 17.2 Å². The van der Waals surface area contributed by atoms with Gasteiger partial charge in [-0.25, -0.2) is 13.4 Å². The van der Waals surface area contributed by atoms with Gasteiger partial charge in [-0.05, 0) is 79.9 Å². The molecule has 3 aromatic rings. The number of nitrogens with one attached hydrogen (secondary N) is 2. The fourth-order valence-electron chi connectivity index (χ4n) is 2.73. The molecule has 0 radical (unpaired) electrons. The average Bonchev–Trinajstić information content (AvgIpc) is 2.66. The van der Waals surface area contributed by atoms with Crippen molar-refractivity contribution >= 4 is 27.2 Å². The van der Waals surface area contributed by atoms with E-state index in [0.29, 0.717) is 5.75 Å². The van der Waals surface area contributed by atoms with E-state index in [0.717, 1.165) is 16.9 Å². The standard InChI is InChI=1S/C21H23N3O3S/c1-14-5-6-17(11-15(14)2)23-18-7-10-21(22-13-18)24-28(25,26)19-8-9-20(27-4)16(3)12-19/h5-13,23H,1-4H3,(H,22,24). The average molecular weight is 398 g/mol. The van der Waals surface area contributed by atoms with Crippen molar-refractivity contribution in [3.05, 3.63) is 71.4 Å². The molecule has 0 aliphatic carbocycles. The van der Waals surface area contributed by atoms with Crippen molar-refractivity contribution in [3.63, 3.8) is 0 Å². The Morgan fingerprint density at radius 3 is 2.21 bits per heavy atom. The summed E-state index contributed by atoms with van der Waals surface area (Å²) in [4.78, 5) is 4.36. The van der Waals surface area contributed by atoms with Gasteiger partial charge in [0, 0.05) is 5.69 Å². The smallest absolute Gasteiger partial charge is 0.263 e. The van der Waals surface area contributed by atoms with Gasteiger partial charge in [-0.2, -0.15) is 0 Å². The van der Waals surface area contributed by atoms with Gasteiger partial charge < -0.3 is 10.1 Å². The predicted molar refractivity (Wildman–Crippen MR) is 112 cm³/mol. The molecule has 1 heterocycles. The number of aryl methyl sites for hydroxylation is 3. The van der Waals surface area contributed by atoms with Gasteiger partial charge in [-0.1, -0.05) is 6.07 Å². The van der Waals surface area contributed by atoms with Crippen LogP contribution in [0, 0.1) is 20.8 Å². The lowest BCUT2D eigenvalue weighted by Crippen LogP contribution is -2.14. The highest BCUT2D eigenvalue weighted by atomic mass is 32.2. The van der Waals surface area contributed by atoms with E-state index in [9.17, 15) is 8.42 Å². The predicted octanol–water partition coefficient (Wildman–Crippen LogP) is 4.56. The Kier molecular flexibility index (Phi) is 5.56. The number of sulfonamides is 1. The maximum atomic E-state index is 12.6. The van der Waals surface area contributed by atoms with Crippen LogP contribution in [0.15, 0.2) is 59.6 Å². The fourth-order valence-corrected chi connectivity index (χ4v) is 3.82. The maximum Gasteiger partial charge on any atom is 0.263 e. The lowest BCUT2D eigenvalue weighted by atomic mass is 10.1. The molecule has 0 fully saturated rings. The molecule has 7 heteroatoms. The molecular weight excluding hydrogens is 374 g/mol. The number of pyridine rings is 1. The van der Waals surface area contributed by atoms with Gasteiger partial charge >= 0.3 is 0 Å². The minimum atomic E-state index is -3.73. The molecule has 2 aromatic carbocycles. The maximum absolute atomic E-state index is 12.6. The first-order valence-corrected chi connectivity index (χ1v) is 10.2. The van der Waals surface area contributed by atoms with E-state index in [1.807, 2.05) is 12.1 Å². The number of benzene rings is 2. The molecule has 0 aliphatic rings. The number of anilines is 3. The molecule has 0 bridgehead atoms. The van der Waals surface area contributed by atoms with Gasteiger partial charge in [-0.15, -0.1) is 0 Å². The third-order valence-corrected chi connectivity index (χ3v) is 5.83. The van der Waals surface area contributed by atoms with Crippen LogP contribution in [0.2, 0.25) is 0 Å². The first-order chi connectivity index (χ1) is 13.3. The summed E-state index contributed by atoms with van der Waals surface area (Å²) in [6.07, 6.45) is 1.59. The lowest BCUT2D eigenvalue weighted by Gasteiger charge is -2.11. The quantitative estimate of drug-likeness (QED) is 0.637. The Hall–Kier alpha value is -3.06. The molecule has 0 atom stereocenters. The molecule has 146 valence electrons. The highest BCUT2D eigenvalue weighted by molar-refractivity contribution is 7.92. The molecule has 0 unspecified atom stereocenters. The first-order valence-electron chi connectivity index (χ1n) is 8.76. The number of hydrogen-bond donors (Lipinski definition) is 2. The van der Waals surface area contributed by atoms with Crippen LogP contribution in [-0.2, 0) is 10.0 Å². The second kappa shape index (κ2) is 7.90. The van der Waals surface area contributed by atoms with Gasteiger partial charge in [0.2, 0.25) is 0 Å². The van der Waals surface area contributed by atoms with E-state index in [4.69, 9.17) is 4.74 Å². The van der Waals surface area contributed by atoms with Crippen molar-refractivity contribution in [2.24, 2.45) is 0 Å². The highest BCUT2D eigenvalue weighted by Crippen LogP contribution is 2.24. The number of methoxy groups -OCH3 is 1. The minimum absolute atomic E-state index is 0.157. The fraction of sp³-hybridized carbons (Fsp3) is 0.190. The van der Waals surface area contributed by atoms with Gasteiger partial charge in [0.05, 0.1) is 23.9 Å². The SMILES string of the molecule is COc1ccc(S(=O)(=O)Nc2ccc(Nc3ccc(C)c(C)c3)cn2)cc1C. The highest BCUT2D eigenvalue weighted by Gasteiger charge is 2.16. The van der Waals surface area contributed by atoms with Crippen molar-refractivity contribution in [3.8, 4) is 5.75 Å². The summed E-state index contributed by atoms with van der Waals surface area (Å²) in [5.74, 6) is 0.887. The zero-order valence-electron chi connectivity index (χ0n) is 16.3. The van der Waals surface area contributed by atoms with Crippen LogP contribution in [0.25, 0.3) is 0 Å². The van der Waals surface area contributed by atoms with E-state index in [1.54, 1.807) is 44.5 Å². The molecule has 0 saturated heterocycles. The number of nitrogens with zero attached hydrogens (tertiary/aromatic N) is 1. The van der Waals surface area contributed by atoms with Crippen molar-refractivity contribution in [1.82, 2.24) is 4.98 Å². The van der Waals surface area contributed by atoms with Crippen LogP contribution in [0.1, 0.15) is 16.7 Å². The van der Waals surface area contributed by atoms with E-state index < -0.39 is 10.0 Å². The summed E-state index contributed by atoms with van der Waals surface area (Å²) in [6.45, 7) is 5.91. The molecule has 28 heavy (non-hydrogen) atoms. The van der Waals surface area contributed by atoms with E-state index in [2.05, 4.69) is 34.9 Å². The Labute approximate surface area is 165 Å². The number of aromatic nitrogens is 1. The van der Waals surface area contributed by atoms with E-state index in [-0.39, 0.29) is 10.7 Å². The Morgan fingerprint density at radius 2 is 1.61 bits per heavy atom. The Balaban J connectivity index is 1.74. The summed E-state index contributed by atoms with van der Waals surface area (Å²) < 4.78 is 32.9. The molecule has 0 amide bonds. The normalized spacial score (nSPS) is 11.1. The molecule has 0 spiro atoms. The Bertz CT molecular complexity index is 1090. The van der Waals surface area contributed by atoms with Crippen molar-refractivity contribution in [1.29, 1.82) is 0 Å². The van der Waals surface area contributed by atoms with Crippen LogP contribution < -0.4 is 14.8 Å². The third-order valence-electron chi connectivity index (χ3n) is 4.47. The molecule has 6 nitrogen and oxygen atoms in total. The molecule has 3 rings (SSSR count). The summed E-state index contributed by atoms with van der Waals surface area (Å²) in [5.41, 5.74) is 4.88. The first kappa shape index (κ1) is 19.7. The van der Waals surface area contributed by atoms with Gasteiger partial charge in [0.1, 0.15) is 11.6 Å². The topological polar surface area (TPSA) is 80.3 Å². The second-order valence-corrected chi connectivity index (χ2v) is 8.28. The van der Waals surface area contributed by atoms with Crippen LogP contribution in [0.3, 0.4) is 0 Å². The van der Waals surface area contributed by atoms with E-state index in [1.165, 1.54) is 17.2 Å². The van der Waals surface area contributed by atoms with Gasteiger partial charge in [0.15, 0.2) is 0 Å². The summed E-state index contributed by atoms with van der Waals surface area (Å²) in [6, 6.07) is 14.2. The van der Waals surface area contributed by atoms with Crippen LogP contribution in [-0.4, -0.2) is 20.5 Å². The molecule has 2 N–H and O–H groups in total. The number of ether oxygens (including phenoxy) is 1. The second-order valence-electron chi connectivity index (χ2n) is 6.59. The zero-order chi connectivity index (χ0) is 20.3. The van der Waals surface area contributed by atoms with Crippen molar-refractivity contribution in [2.45, 2.75) is 25.7 Å². The zero-order valence-corrected chi connectivity index (χ0v) is 17.1. The summed E-state index contributed by atoms with van der Waals surface area (Å²) in [7, 11) is -2.18. The van der Waals surface area contributed by atoms with E-state index >= 15 is 0 Å². The number of hydrogen-bond acceptors (Lipinski definition) is 5. The van der Waals surface area contributed by atoms with Crippen molar-refractivity contribution in [2.75, 3.05) is 17.1 Å². The molecule has 0 aliphatic heterocycles. The summed E-state index contributed by atoms with van der Waals surface area (Å²) >= 11 is 0. The molecule has 0 saturated carbocycles. The van der Waals surface area contributed by atoms with Gasteiger partial charge in [-0.3, -0.25) is 4.72 Å². The van der Waals surface area contributed by atoms with Crippen LogP contribution >= 0.6 is 0 Å². The largest absolute Gasteiger partial charge is 0.496 e. The third kappa shape index (κ3) is 4.43. The minimum Gasteiger partial charge on any atom is -0.496 e. The Morgan fingerprint density at radius 1 is 0.857 bits per heavy atom. The van der Waals surface area contributed by atoms with Crippen LogP contribution in [0.5, 0.6) is 5.75 Å². The molecular formula is C21H23N3O3S. The number of rotatable bonds is 6. The van der Waals surface area contributed by atoms with Gasteiger partial charge in [0.25, 0.3) is 10.0 Å². The molecule has 1 aromatic heterocycles. The van der Waals surface area contributed by atoms with Crippen molar-refractivity contribution < 1.29 is 13.2 Å².